The van der Waals surface area contributed by atoms with Gasteiger partial charge in [0.1, 0.15) is 6.04 Å². The van der Waals surface area contributed by atoms with Crippen molar-refractivity contribution in [1.29, 1.82) is 0 Å². The van der Waals surface area contributed by atoms with Gasteiger partial charge in [0.05, 0.1) is 19.8 Å². The smallest absolute Gasteiger partial charge is 0.244 e. The second kappa shape index (κ2) is 10.9. The van der Waals surface area contributed by atoms with Crippen molar-refractivity contribution in [3.63, 3.8) is 0 Å². The standard InChI is InChI=1S/C26H34N4O3/c1-20-7-6-10-23(21(20)2)27-24(31)19-28-11-13-29(14-12-28)25(22-8-4-3-5-9-22)26(32)30-15-17-33-18-16-30/h3-10,25H,11-19H2,1-2H3,(H,27,31)/t25-/m0/s1. The van der Waals surface area contributed by atoms with Crippen molar-refractivity contribution >= 4 is 17.5 Å². The first-order chi connectivity index (χ1) is 16.0. The molecule has 0 bridgehead atoms. The van der Waals surface area contributed by atoms with Crippen LogP contribution in [0.1, 0.15) is 22.7 Å². The Balaban J connectivity index is 1.37. The van der Waals surface area contributed by atoms with Crippen molar-refractivity contribution in [3.8, 4) is 0 Å². The summed E-state index contributed by atoms with van der Waals surface area (Å²) in [6.45, 7) is 9.88. The number of aryl methyl sites for hydroxylation is 1. The van der Waals surface area contributed by atoms with E-state index >= 15 is 0 Å². The number of hydrogen-bond donors (Lipinski definition) is 1. The Labute approximate surface area is 196 Å². The quantitative estimate of drug-likeness (QED) is 0.733. The van der Waals surface area contributed by atoms with Gasteiger partial charge in [-0.05, 0) is 36.6 Å². The van der Waals surface area contributed by atoms with Crippen LogP contribution in [0.2, 0.25) is 0 Å². The summed E-state index contributed by atoms with van der Waals surface area (Å²) in [5.74, 6) is 0.145. The van der Waals surface area contributed by atoms with Crippen LogP contribution in [0.5, 0.6) is 0 Å². The topological polar surface area (TPSA) is 65.1 Å². The van der Waals surface area contributed by atoms with Crippen LogP contribution in [-0.2, 0) is 14.3 Å². The minimum absolute atomic E-state index is 0.00107. The molecule has 1 atom stereocenters. The molecule has 2 aliphatic heterocycles. The molecule has 7 nitrogen and oxygen atoms in total. The number of piperazine rings is 1. The fourth-order valence-corrected chi connectivity index (χ4v) is 4.56. The van der Waals surface area contributed by atoms with Crippen molar-refractivity contribution < 1.29 is 14.3 Å². The lowest BCUT2D eigenvalue weighted by molar-refractivity contribution is -0.142. The van der Waals surface area contributed by atoms with Gasteiger partial charge >= 0.3 is 0 Å². The molecule has 4 rings (SSSR count). The maximum Gasteiger partial charge on any atom is 0.244 e. The molecule has 2 fully saturated rings. The fraction of sp³-hybridized carbons (Fsp3) is 0.462. The molecule has 0 aliphatic carbocycles. The Morgan fingerprint density at radius 3 is 2.30 bits per heavy atom. The normalized spacial score (nSPS) is 18.7. The van der Waals surface area contributed by atoms with E-state index in [9.17, 15) is 9.59 Å². The summed E-state index contributed by atoms with van der Waals surface area (Å²) in [7, 11) is 0. The molecule has 7 heteroatoms. The first kappa shape index (κ1) is 23.4. The highest BCUT2D eigenvalue weighted by atomic mass is 16.5. The van der Waals surface area contributed by atoms with Gasteiger partial charge in [-0.2, -0.15) is 0 Å². The van der Waals surface area contributed by atoms with E-state index in [0.717, 1.165) is 43.0 Å². The summed E-state index contributed by atoms with van der Waals surface area (Å²) in [4.78, 5) is 32.5. The summed E-state index contributed by atoms with van der Waals surface area (Å²) in [5, 5.41) is 3.05. The van der Waals surface area contributed by atoms with Gasteiger partial charge in [-0.25, -0.2) is 0 Å². The van der Waals surface area contributed by atoms with Gasteiger partial charge in [-0.3, -0.25) is 19.4 Å². The lowest BCUT2D eigenvalue weighted by Gasteiger charge is -2.40. The molecule has 33 heavy (non-hydrogen) atoms. The average Bonchev–Trinajstić information content (AvgIpc) is 2.84. The van der Waals surface area contributed by atoms with Gasteiger partial charge in [0.25, 0.3) is 0 Å². The van der Waals surface area contributed by atoms with Crippen LogP contribution >= 0.6 is 0 Å². The molecular weight excluding hydrogens is 416 g/mol. The van der Waals surface area contributed by atoms with E-state index in [2.05, 4.69) is 15.1 Å². The molecule has 0 unspecified atom stereocenters. The number of benzene rings is 2. The Bertz CT molecular complexity index is 951. The fourth-order valence-electron chi connectivity index (χ4n) is 4.56. The van der Waals surface area contributed by atoms with Gasteiger partial charge in [-0.1, -0.05) is 42.5 Å². The minimum atomic E-state index is -0.296. The Morgan fingerprint density at radius 1 is 0.909 bits per heavy atom. The first-order valence-corrected chi connectivity index (χ1v) is 11.8. The largest absolute Gasteiger partial charge is 0.378 e. The number of amides is 2. The maximum absolute atomic E-state index is 13.5. The van der Waals surface area contributed by atoms with Crippen molar-refractivity contribution in [2.75, 3.05) is 64.3 Å². The van der Waals surface area contributed by atoms with Crippen LogP contribution in [0, 0.1) is 13.8 Å². The summed E-state index contributed by atoms with van der Waals surface area (Å²) in [6, 6.07) is 15.7. The van der Waals surface area contributed by atoms with Crippen LogP contribution in [0.25, 0.3) is 0 Å². The molecule has 0 radical (unpaired) electrons. The number of carbonyl (C=O) groups excluding carboxylic acids is 2. The molecule has 2 aliphatic rings. The molecule has 0 aromatic heterocycles. The third-order valence-electron chi connectivity index (χ3n) is 6.69. The Hall–Kier alpha value is -2.74. The van der Waals surface area contributed by atoms with Crippen LogP contribution in [0.15, 0.2) is 48.5 Å². The number of hydrogen-bond acceptors (Lipinski definition) is 5. The van der Waals surface area contributed by atoms with Gasteiger partial charge in [0.2, 0.25) is 11.8 Å². The Morgan fingerprint density at radius 2 is 1.61 bits per heavy atom. The average molecular weight is 451 g/mol. The highest BCUT2D eigenvalue weighted by molar-refractivity contribution is 5.93. The van der Waals surface area contributed by atoms with Crippen molar-refractivity contribution in [2.45, 2.75) is 19.9 Å². The highest BCUT2D eigenvalue weighted by Gasteiger charge is 2.34. The number of rotatable bonds is 6. The predicted molar refractivity (Wildman–Crippen MR) is 129 cm³/mol. The van der Waals surface area contributed by atoms with Crippen molar-refractivity contribution in [3.05, 3.63) is 65.2 Å². The first-order valence-electron chi connectivity index (χ1n) is 11.8. The molecule has 1 N–H and O–H groups in total. The number of ether oxygens (including phenoxy) is 1. The van der Waals surface area contributed by atoms with E-state index < -0.39 is 0 Å². The molecule has 176 valence electrons. The number of nitrogens with one attached hydrogen (secondary N) is 1. The van der Waals surface area contributed by atoms with Crippen LogP contribution in [-0.4, -0.2) is 85.5 Å². The molecular formula is C26H34N4O3. The third kappa shape index (κ3) is 5.79. The molecule has 2 aromatic carbocycles. The van der Waals surface area contributed by atoms with E-state index in [0.29, 0.717) is 32.8 Å². The molecule has 2 saturated heterocycles. The van der Waals surface area contributed by atoms with E-state index in [1.54, 1.807) is 0 Å². The highest BCUT2D eigenvalue weighted by Crippen LogP contribution is 2.25. The number of morpholine rings is 1. The predicted octanol–water partition coefficient (Wildman–Crippen LogP) is 2.46. The summed E-state index contributed by atoms with van der Waals surface area (Å²) < 4.78 is 5.44. The summed E-state index contributed by atoms with van der Waals surface area (Å²) in [5.41, 5.74) is 4.16. The lowest BCUT2D eigenvalue weighted by atomic mass is 10.0. The van der Waals surface area contributed by atoms with Gasteiger partial charge < -0.3 is 15.0 Å². The number of anilines is 1. The van der Waals surface area contributed by atoms with E-state index in [-0.39, 0.29) is 17.9 Å². The van der Waals surface area contributed by atoms with Gasteiger partial charge in [0, 0.05) is 45.0 Å². The SMILES string of the molecule is Cc1cccc(NC(=O)CN2CCN([C@H](C(=O)N3CCOCC3)c3ccccc3)CC2)c1C. The van der Waals surface area contributed by atoms with Gasteiger partial charge in [-0.15, -0.1) is 0 Å². The minimum Gasteiger partial charge on any atom is -0.378 e. The molecule has 0 saturated carbocycles. The molecule has 2 aromatic rings. The second-order valence-electron chi connectivity index (χ2n) is 8.86. The molecule has 2 amide bonds. The Kier molecular flexibility index (Phi) is 7.75. The zero-order valence-electron chi connectivity index (χ0n) is 19.6. The third-order valence-corrected chi connectivity index (χ3v) is 6.69. The van der Waals surface area contributed by atoms with E-state index in [4.69, 9.17) is 4.74 Å². The van der Waals surface area contributed by atoms with E-state index in [1.165, 1.54) is 5.56 Å². The number of carbonyl (C=O) groups is 2. The molecule has 0 spiro atoms. The van der Waals surface area contributed by atoms with Crippen LogP contribution < -0.4 is 5.32 Å². The zero-order valence-corrected chi connectivity index (χ0v) is 19.6. The number of nitrogens with zero attached hydrogens (tertiary/aromatic N) is 3. The maximum atomic E-state index is 13.5. The van der Waals surface area contributed by atoms with Crippen LogP contribution in [0.3, 0.4) is 0 Å². The van der Waals surface area contributed by atoms with Crippen molar-refractivity contribution in [1.82, 2.24) is 14.7 Å². The summed E-state index contributed by atoms with van der Waals surface area (Å²) in [6.07, 6.45) is 0. The van der Waals surface area contributed by atoms with E-state index in [1.807, 2.05) is 67.3 Å². The second-order valence-corrected chi connectivity index (χ2v) is 8.86. The van der Waals surface area contributed by atoms with Crippen LogP contribution in [0.4, 0.5) is 5.69 Å². The zero-order chi connectivity index (χ0) is 23.2. The lowest BCUT2D eigenvalue weighted by Crippen LogP contribution is -2.53. The van der Waals surface area contributed by atoms with Gasteiger partial charge in [0.15, 0.2) is 0 Å². The summed E-state index contributed by atoms with van der Waals surface area (Å²) >= 11 is 0. The monoisotopic (exact) mass is 450 g/mol. The van der Waals surface area contributed by atoms with Crippen molar-refractivity contribution in [2.24, 2.45) is 0 Å². The molecule has 2 heterocycles.